The van der Waals surface area contributed by atoms with Crippen LogP contribution < -0.4 is 15.5 Å². The molecule has 1 fully saturated rings. The topological polar surface area (TPSA) is 60.5 Å². The summed E-state index contributed by atoms with van der Waals surface area (Å²) in [4.78, 5) is 21.3. The van der Waals surface area contributed by atoms with E-state index >= 15 is 0 Å². The first kappa shape index (κ1) is 18.7. The second kappa shape index (κ2) is 8.51. The van der Waals surface area contributed by atoms with Gasteiger partial charge in [-0.15, -0.1) is 11.3 Å². The highest BCUT2D eigenvalue weighted by Gasteiger charge is 2.16. The van der Waals surface area contributed by atoms with Gasteiger partial charge in [-0.05, 0) is 58.0 Å². The molecule has 2 aromatic rings. The lowest BCUT2D eigenvalue weighted by molar-refractivity contribution is 0.262. The van der Waals surface area contributed by atoms with Gasteiger partial charge in [0.2, 0.25) is 0 Å². The van der Waals surface area contributed by atoms with Crippen LogP contribution in [0.4, 0.5) is 21.3 Å². The van der Waals surface area contributed by atoms with E-state index < -0.39 is 0 Å². The minimum absolute atomic E-state index is 0.252. The Morgan fingerprint density at radius 2 is 2.00 bits per heavy atom. The number of rotatable bonds is 5. The smallest absolute Gasteiger partial charge is 0.325 e. The molecule has 0 bridgehead atoms. The van der Waals surface area contributed by atoms with Crippen molar-refractivity contribution >= 4 is 33.9 Å². The highest BCUT2D eigenvalue weighted by Crippen LogP contribution is 2.30. The van der Waals surface area contributed by atoms with Crippen LogP contribution in [0, 0.1) is 6.92 Å². The molecule has 1 aliphatic heterocycles. The zero-order chi connectivity index (χ0) is 18.5. The number of piperidine rings is 1. The zero-order valence-electron chi connectivity index (χ0n) is 15.7. The number of anilines is 3. The third kappa shape index (κ3) is 4.95. The van der Waals surface area contributed by atoms with Crippen molar-refractivity contribution in [2.45, 2.75) is 32.7 Å². The number of benzene rings is 1. The maximum atomic E-state index is 12.4. The van der Waals surface area contributed by atoms with E-state index in [9.17, 15) is 4.79 Å². The number of carbonyl (C=O) groups excluding carboxylic acids is 1. The van der Waals surface area contributed by atoms with E-state index in [0.717, 1.165) is 36.7 Å². The summed E-state index contributed by atoms with van der Waals surface area (Å²) in [6.07, 6.45) is 3.69. The molecule has 26 heavy (non-hydrogen) atoms. The normalized spacial score (nSPS) is 14.5. The molecule has 0 spiro atoms. The van der Waals surface area contributed by atoms with Crippen molar-refractivity contribution in [2.75, 3.05) is 42.7 Å². The van der Waals surface area contributed by atoms with E-state index in [0.29, 0.717) is 5.13 Å². The van der Waals surface area contributed by atoms with Crippen molar-refractivity contribution < 1.29 is 4.79 Å². The van der Waals surface area contributed by atoms with Gasteiger partial charge in [-0.25, -0.2) is 9.78 Å². The molecule has 0 atom stereocenters. The second-order valence-corrected chi connectivity index (χ2v) is 7.89. The summed E-state index contributed by atoms with van der Waals surface area (Å²) in [7, 11) is 4.00. The number of hydrogen-bond acceptors (Lipinski definition) is 5. The lowest BCUT2D eigenvalue weighted by Gasteiger charge is -2.30. The van der Waals surface area contributed by atoms with Crippen LogP contribution in [0.3, 0.4) is 0 Å². The Bertz CT molecular complexity index is 752. The Labute approximate surface area is 159 Å². The van der Waals surface area contributed by atoms with Crippen molar-refractivity contribution in [1.82, 2.24) is 9.88 Å². The number of amides is 2. The van der Waals surface area contributed by atoms with Crippen LogP contribution in [0.25, 0.3) is 0 Å². The minimum Gasteiger partial charge on any atom is -0.370 e. The number of thiazole rings is 1. The highest BCUT2D eigenvalue weighted by atomic mass is 32.1. The van der Waals surface area contributed by atoms with Gasteiger partial charge in [0.1, 0.15) is 0 Å². The molecule has 2 amide bonds. The van der Waals surface area contributed by atoms with Gasteiger partial charge in [0.05, 0.1) is 17.1 Å². The lowest BCUT2D eigenvalue weighted by Crippen LogP contribution is -2.31. The number of nitrogens with zero attached hydrogens (tertiary/aromatic N) is 3. The van der Waals surface area contributed by atoms with Gasteiger partial charge in [-0.1, -0.05) is 6.07 Å². The van der Waals surface area contributed by atoms with Crippen molar-refractivity contribution in [3.05, 3.63) is 34.8 Å². The fourth-order valence-corrected chi connectivity index (χ4v) is 3.85. The molecule has 0 unspecified atom stereocenters. The lowest BCUT2D eigenvalue weighted by atomic mass is 10.1. The van der Waals surface area contributed by atoms with Gasteiger partial charge in [-0.2, -0.15) is 0 Å². The quantitative estimate of drug-likeness (QED) is 0.827. The molecule has 3 rings (SSSR count). The first-order chi connectivity index (χ1) is 12.5. The van der Waals surface area contributed by atoms with Crippen molar-refractivity contribution in [1.29, 1.82) is 0 Å². The third-order valence-corrected chi connectivity index (χ3v) is 5.16. The van der Waals surface area contributed by atoms with E-state index in [1.165, 1.54) is 36.2 Å². The monoisotopic (exact) mass is 373 g/mol. The summed E-state index contributed by atoms with van der Waals surface area (Å²) in [6, 6.07) is 5.91. The molecular formula is C19H27N5OS. The van der Waals surface area contributed by atoms with Crippen molar-refractivity contribution in [3.63, 3.8) is 0 Å². The van der Waals surface area contributed by atoms with Crippen LogP contribution in [0.2, 0.25) is 0 Å². The number of aromatic nitrogens is 1. The van der Waals surface area contributed by atoms with Gasteiger partial charge in [0.25, 0.3) is 0 Å². The van der Waals surface area contributed by atoms with E-state index in [2.05, 4.69) is 38.4 Å². The average molecular weight is 374 g/mol. The first-order valence-electron chi connectivity index (χ1n) is 9.04. The number of carbonyl (C=O) groups is 1. The van der Waals surface area contributed by atoms with Gasteiger partial charge < -0.3 is 15.1 Å². The molecule has 2 N–H and O–H groups in total. The Morgan fingerprint density at radius 1 is 1.23 bits per heavy atom. The van der Waals surface area contributed by atoms with Crippen molar-refractivity contribution in [2.24, 2.45) is 0 Å². The Morgan fingerprint density at radius 3 is 2.73 bits per heavy atom. The van der Waals surface area contributed by atoms with Crippen LogP contribution in [0.1, 0.15) is 30.5 Å². The number of nitrogens with one attached hydrogen (secondary N) is 2. The van der Waals surface area contributed by atoms with E-state index in [1.807, 2.05) is 31.6 Å². The molecule has 1 saturated heterocycles. The summed E-state index contributed by atoms with van der Waals surface area (Å²) < 4.78 is 0. The van der Waals surface area contributed by atoms with Gasteiger partial charge in [0.15, 0.2) is 5.13 Å². The fraction of sp³-hybridized carbons (Fsp3) is 0.474. The fourth-order valence-electron chi connectivity index (χ4n) is 3.16. The maximum Gasteiger partial charge on any atom is 0.325 e. The summed E-state index contributed by atoms with van der Waals surface area (Å²) >= 11 is 1.44. The Kier molecular flexibility index (Phi) is 6.11. The SMILES string of the molecule is Cc1ccc(NC(=O)Nc2nc(CN(C)C)cs2)c(N2CCCCC2)c1. The highest BCUT2D eigenvalue weighted by molar-refractivity contribution is 7.13. The second-order valence-electron chi connectivity index (χ2n) is 7.03. The molecule has 1 aromatic carbocycles. The Balaban J connectivity index is 1.68. The predicted molar refractivity (Wildman–Crippen MR) is 109 cm³/mol. The van der Waals surface area contributed by atoms with E-state index in [1.54, 1.807) is 0 Å². The van der Waals surface area contributed by atoms with Crippen LogP contribution in [-0.2, 0) is 6.54 Å². The molecule has 1 aromatic heterocycles. The van der Waals surface area contributed by atoms with E-state index in [4.69, 9.17) is 0 Å². The number of aryl methyl sites for hydroxylation is 1. The number of hydrogen-bond donors (Lipinski definition) is 2. The van der Waals surface area contributed by atoms with Gasteiger partial charge in [-0.3, -0.25) is 5.32 Å². The van der Waals surface area contributed by atoms with E-state index in [-0.39, 0.29) is 6.03 Å². The third-order valence-electron chi connectivity index (χ3n) is 4.35. The molecule has 0 saturated carbocycles. The molecule has 1 aliphatic rings. The maximum absolute atomic E-state index is 12.4. The zero-order valence-corrected chi connectivity index (χ0v) is 16.5. The summed E-state index contributed by atoms with van der Waals surface area (Å²) in [6.45, 7) is 4.93. The summed E-state index contributed by atoms with van der Waals surface area (Å²) in [5.74, 6) is 0. The van der Waals surface area contributed by atoms with Gasteiger partial charge in [0, 0.05) is 25.0 Å². The predicted octanol–water partition coefficient (Wildman–Crippen LogP) is 4.15. The van der Waals surface area contributed by atoms with Crippen LogP contribution in [0.15, 0.2) is 23.6 Å². The molecule has 0 radical (unpaired) electrons. The van der Waals surface area contributed by atoms with Crippen LogP contribution in [0.5, 0.6) is 0 Å². The van der Waals surface area contributed by atoms with Gasteiger partial charge >= 0.3 is 6.03 Å². The van der Waals surface area contributed by atoms with Crippen molar-refractivity contribution in [3.8, 4) is 0 Å². The largest absolute Gasteiger partial charge is 0.370 e. The summed E-state index contributed by atoms with van der Waals surface area (Å²) in [5.41, 5.74) is 4.11. The Hall–Kier alpha value is -2.12. The molecule has 2 heterocycles. The molecule has 7 heteroatoms. The van der Waals surface area contributed by atoms with Crippen LogP contribution in [-0.4, -0.2) is 43.1 Å². The molecular weight excluding hydrogens is 346 g/mol. The average Bonchev–Trinajstić information content (AvgIpc) is 3.03. The standard InChI is InChI=1S/C19H27N5OS/c1-14-7-8-16(17(11-14)24-9-5-4-6-10-24)21-18(25)22-19-20-15(13-26-19)12-23(2)3/h7-8,11,13H,4-6,9-10,12H2,1-3H3,(H2,20,21,22,25). The first-order valence-corrected chi connectivity index (χ1v) is 9.92. The molecule has 6 nitrogen and oxygen atoms in total. The minimum atomic E-state index is -0.252. The number of urea groups is 1. The van der Waals surface area contributed by atoms with Crippen LogP contribution >= 0.6 is 11.3 Å². The molecule has 0 aliphatic carbocycles. The summed E-state index contributed by atoms with van der Waals surface area (Å²) in [5, 5.41) is 8.44. The molecule has 140 valence electrons.